The summed E-state index contributed by atoms with van der Waals surface area (Å²) in [5, 5.41) is 1.09. The lowest BCUT2D eigenvalue weighted by atomic mass is 10.00. The first-order valence-electron chi connectivity index (χ1n) is 9.16. The number of carbonyl (C=O) groups is 1. The Morgan fingerprint density at radius 1 is 1.07 bits per heavy atom. The zero-order valence-electron chi connectivity index (χ0n) is 15.8. The van der Waals surface area contributed by atoms with E-state index in [4.69, 9.17) is 28.2 Å². The van der Waals surface area contributed by atoms with Gasteiger partial charge in [-0.15, -0.1) is 0 Å². The molecule has 2 aliphatic heterocycles. The zero-order valence-corrected chi connectivity index (χ0v) is 18.1. The predicted octanol–water partition coefficient (Wildman–Crippen LogP) is 3.71. The first-order chi connectivity index (χ1) is 13.9. The largest absolute Gasteiger partial charge is 0.374 e. The summed E-state index contributed by atoms with van der Waals surface area (Å²) < 4.78 is 11.7. The van der Waals surface area contributed by atoms with Crippen LogP contribution in [0.15, 0.2) is 59.4 Å². The number of fused-ring (bicyclic) bond motifs is 1. The summed E-state index contributed by atoms with van der Waals surface area (Å²) in [5.74, 6) is 0.956. The third kappa shape index (κ3) is 4.10. The molecule has 2 aromatic carbocycles. The van der Waals surface area contributed by atoms with Crippen LogP contribution in [0.1, 0.15) is 11.1 Å². The van der Waals surface area contributed by atoms with Crippen molar-refractivity contribution in [1.29, 1.82) is 0 Å². The fourth-order valence-corrected chi connectivity index (χ4v) is 4.87. The Hall–Kier alpha value is -2.15. The van der Waals surface area contributed by atoms with Gasteiger partial charge in [-0.25, -0.2) is 4.99 Å². The molecule has 2 heterocycles. The number of hydrogen-bond acceptors (Lipinski definition) is 4. The van der Waals surface area contributed by atoms with E-state index in [0.29, 0.717) is 51.7 Å². The smallest absolute Gasteiger partial charge is 0.278 e. The maximum atomic E-state index is 13.2. The molecule has 2 aromatic rings. The fraction of sp³-hybridized carbons (Fsp3) is 0.238. The minimum Gasteiger partial charge on any atom is -0.374 e. The molecule has 29 heavy (non-hydrogen) atoms. The van der Waals surface area contributed by atoms with E-state index in [0.717, 1.165) is 11.1 Å². The quantitative estimate of drug-likeness (QED) is 0.659. The lowest BCUT2D eigenvalue weighted by Gasteiger charge is -2.25. The van der Waals surface area contributed by atoms with E-state index in [2.05, 4.69) is 0 Å². The van der Waals surface area contributed by atoms with Crippen molar-refractivity contribution in [2.75, 3.05) is 36.5 Å². The minimum absolute atomic E-state index is 0.220. The van der Waals surface area contributed by atoms with Crippen molar-refractivity contribution in [2.45, 2.75) is 0 Å². The van der Waals surface area contributed by atoms with Gasteiger partial charge in [-0.2, -0.15) is 0 Å². The maximum Gasteiger partial charge on any atom is 0.278 e. The Morgan fingerprint density at radius 2 is 1.79 bits per heavy atom. The van der Waals surface area contributed by atoms with Crippen LogP contribution in [0.3, 0.4) is 0 Å². The molecule has 0 saturated carbocycles. The van der Waals surface area contributed by atoms with E-state index < -0.39 is 10.8 Å². The minimum atomic E-state index is -0.796. The topological polar surface area (TPSA) is 53.0 Å². The molecule has 0 radical (unpaired) electrons. The first-order valence-corrected chi connectivity index (χ1v) is 11.4. The lowest BCUT2D eigenvalue weighted by molar-refractivity contribution is -0.114. The highest BCUT2D eigenvalue weighted by Gasteiger charge is 2.28. The molecule has 0 bridgehead atoms. The zero-order chi connectivity index (χ0) is 20.5. The molecule has 1 saturated heterocycles. The molecule has 0 aromatic heterocycles. The Morgan fingerprint density at radius 3 is 2.52 bits per heavy atom. The maximum absolute atomic E-state index is 13.2. The number of hydrogen-bond donors (Lipinski definition) is 0. The average molecular weight is 448 g/mol. The third-order valence-corrected chi connectivity index (χ3v) is 6.82. The van der Waals surface area contributed by atoms with Gasteiger partial charge in [0.2, 0.25) is 0 Å². The SMILES string of the molecule is CN1C(=O)C(=CN2CCS(=O)CC2)N=C(c2ccccc2Cl)c2cc(Cl)ccc21. The van der Waals surface area contributed by atoms with Crippen molar-refractivity contribution in [2.24, 2.45) is 4.99 Å². The molecule has 4 rings (SSSR count). The molecule has 0 unspecified atom stereocenters. The molecule has 0 spiro atoms. The summed E-state index contributed by atoms with van der Waals surface area (Å²) in [7, 11) is 0.926. The molecule has 1 fully saturated rings. The Labute approximate surface area is 182 Å². The van der Waals surface area contributed by atoms with Gasteiger partial charge in [-0.1, -0.05) is 41.4 Å². The van der Waals surface area contributed by atoms with Gasteiger partial charge in [0.15, 0.2) is 0 Å². The number of amides is 1. The number of benzodiazepines with no additional fused rings is 1. The third-order valence-electron chi connectivity index (χ3n) is 4.98. The molecule has 150 valence electrons. The standard InChI is InChI=1S/C21H19Cl2N3O2S/c1-25-19-7-6-14(22)12-16(19)20(15-4-2-3-5-17(15)23)24-18(21(25)27)13-26-8-10-29(28)11-9-26/h2-7,12-13H,8-11H2,1H3. The van der Waals surface area contributed by atoms with Gasteiger partial charge in [0.25, 0.3) is 5.91 Å². The average Bonchev–Trinajstić information content (AvgIpc) is 2.81. The Balaban J connectivity index is 1.89. The van der Waals surface area contributed by atoms with Crippen LogP contribution in [-0.2, 0) is 15.6 Å². The molecule has 2 aliphatic rings. The summed E-state index contributed by atoms with van der Waals surface area (Å²) in [6.07, 6.45) is 1.76. The monoisotopic (exact) mass is 447 g/mol. The van der Waals surface area contributed by atoms with Crippen molar-refractivity contribution in [3.63, 3.8) is 0 Å². The van der Waals surface area contributed by atoms with Crippen LogP contribution < -0.4 is 4.90 Å². The molecular formula is C21H19Cl2N3O2S. The van der Waals surface area contributed by atoms with E-state index >= 15 is 0 Å². The molecule has 1 amide bonds. The van der Waals surface area contributed by atoms with E-state index in [1.165, 1.54) is 0 Å². The molecular weight excluding hydrogens is 429 g/mol. The predicted molar refractivity (Wildman–Crippen MR) is 119 cm³/mol. The van der Waals surface area contributed by atoms with Gasteiger partial charge >= 0.3 is 0 Å². The summed E-state index contributed by atoms with van der Waals surface area (Å²) in [6.45, 7) is 1.26. The van der Waals surface area contributed by atoms with Gasteiger partial charge in [-0.3, -0.25) is 9.00 Å². The number of rotatable bonds is 2. The van der Waals surface area contributed by atoms with Crippen molar-refractivity contribution in [3.8, 4) is 0 Å². The van der Waals surface area contributed by atoms with Crippen LogP contribution in [0, 0.1) is 0 Å². The highest BCUT2D eigenvalue weighted by molar-refractivity contribution is 7.85. The van der Waals surface area contributed by atoms with Crippen LogP contribution in [0.4, 0.5) is 5.69 Å². The number of halogens is 2. The van der Waals surface area contributed by atoms with Crippen molar-refractivity contribution >= 4 is 51.3 Å². The van der Waals surface area contributed by atoms with Crippen LogP contribution in [-0.4, -0.2) is 52.4 Å². The Kier molecular flexibility index (Phi) is 5.76. The van der Waals surface area contributed by atoms with Crippen LogP contribution in [0.5, 0.6) is 0 Å². The van der Waals surface area contributed by atoms with Gasteiger partial charge in [0, 0.05) is 69.8 Å². The fourth-order valence-electron chi connectivity index (χ4n) is 3.40. The van der Waals surface area contributed by atoms with Gasteiger partial charge in [0.1, 0.15) is 5.70 Å². The van der Waals surface area contributed by atoms with Crippen molar-refractivity contribution in [3.05, 3.63) is 75.5 Å². The van der Waals surface area contributed by atoms with Crippen LogP contribution in [0.25, 0.3) is 0 Å². The van der Waals surface area contributed by atoms with Crippen LogP contribution >= 0.6 is 23.2 Å². The van der Waals surface area contributed by atoms with Crippen molar-refractivity contribution < 1.29 is 9.00 Å². The Bertz CT molecular complexity index is 1060. The second kappa shape index (κ2) is 8.30. The first kappa shape index (κ1) is 20.1. The highest BCUT2D eigenvalue weighted by atomic mass is 35.5. The number of anilines is 1. The van der Waals surface area contributed by atoms with Crippen molar-refractivity contribution in [1.82, 2.24) is 4.90 Å². The summed E-state index contributed by atoms with van der Waals surface area (Å²) in [4.78, 5) is 21.5. The highest BCUT2D eigenvalue weighted by Crippen LogP contribution is 2.33. The number of likely N-dealkylation sites (N-methyl/N-ethyl adjacent to an activating group) is 1. The number of carbonyl (C=O) groups excluding carboxylic acids is 1. The second-order valence-electron chi connectivity index (χ2n) is 6.86. The molecule has 0 N–H and O–H groups in total. The lowest BCUT2D eigenvalue weighted by Crippen LogP contribution is -2.35. The van der Waals surface area contributed by atoms with Gasteiger partial charge in [-0.05, 0) is 24.3 Å². The normalized spacial score (nSPS) is 19.2. The van der Waals surface area contributed by atoms with Crippen LogP contribution in [0.2, 0.25) is 10.0 Å². The second-order valence-corrected chi connectivity index (χ2v) is 9.40. The molecule has 8 heteroatoms. The number of benzene rings is 2. The number of nitrogens with zero attached hydrogens (tertiary/aromatic N) is 3. The molecule has 5 nitrogen and oxygen atoms in total. The van der Waals surface area contributed by atoms with E-state index in [1.54, 1.807) is 36.3 Å². The van der Waals surface area contributed by atoms with Gasteiger partial charge < -0.3 is 9.80 Å². The summed E-state index contributed by atoms with van der Waals surface area (Å²) >= 11 is 12.7. The van der Waals surface area contributed by atoms with E-state index in [9.17, 15) is 9.00 Å². The molecule has 0 atom stereocenters. The number of aliphatic imine (C=N–C) groups is 1. The van der Waals surface area contributed by atoms with E-state index in [1.807, 2.05) is 29.2 Å². The summed E-state index contributed by atoms with van der Waals surface area (Å²) in [5.41, 5.74) is 3.08. The van der Waals surface area contributed by atoms with E-state index in [-0.39, 0.29) is 5.91 Å². The summed E-state index contributed by atoms with van der Waals surface area (Å²) in [6, 6.07) is 12.8. The molecule has 0 aliphatic carbocycles. The van der Waals surface area contributed by atoms with Gasteiger partial charge in [0.05, 0.1) is 11.4 Å².